The van der Waals surface area contributed by atoms with E-state index in [1.54, 1.807) is 0 Å². The van der Waals surface area contributed by atoms with Gasteiger partial charge in [-0.05, 0) is 19.3 Å². The SMILES string of the molecule is COCC(CCO)NS(=O)(=O)N1CCCCC1. The maximum atomic E-state index is 12.0. The summed E-state index contributed by atoms with van der Waals surface area (Å²) in [7, 11) is -1.92. The Hall–Kier alpha value is -0.210. The highest BCUT2D eigenvalue weighted by Crippen LogP contribution is 2.12. The van der Waals surface area contributed by atoms with Crippen molar-refractivity contribution < 1.29 is 18.3 Å². The lowest BCUT2D eigenvalue weighted by Gasteiger charge is -2.28. The molecule has 7 heteroatoms. The molecular weight excluding hydrogens is 244 g/mol. The first-order valence-electron chi connectivity index (χ1n) is 5.97. The number of hydrogen-bond donors (Lipinski definition) is 2. The van der Waals surface area contributed by atoms with Gasteiger partial charge in [0.15, 0.2) is 0 Å². The van der Waals surface area contributed by atoms with E-state index in [1.807, 2.05) is 0 Å². The van der Waals surface area contributed by atoms with Crippen molar-refractivity contribution in [3.05, 3.63) is 0 Å². The van der Waals surface area contributed by atoms with E-state index in [0.29, 0.717) is 19.5 Å². The minimum atomic E-state index is -3.43. The average Bonchev–Trinajstić information content (AvgIpc) is 2.30. The van der Waals surface area contributed by atoms with Gasteiger partial charge >= 0.3 is 0 Å². The fourth-order valence-electron chi connectivity index (χ4n) is 1.92. The number of nitrogens with one attached hydrogen (secondary N) is 1. The van der Waals surface area contributed by atoms with E-state index in [1.165, 1.54) is 11.4 Å². The fourth-order valence-corrected chi connectivity index (χ4v) is 3.42. The Morgan fingerprint density at radius 1 is 1.35 bits per heavy atom. The van der Waals surface area contributed by atoms with Crippen molar-refractivity contribution in [3.8, 4) is 0 Å². The van der Waals surface area contributed by atoms with E-state index in [2.05, 4.69) is 4.72 Å². The molecule has 1 atom stereocenters. The molecular formula is C10H22N2O4S. The summed E-state index contributed by atoms with van der Waals surface area (Å²) in [6, 6.07) is -0.364. The predicted molar refractivity (Wildman–Crippen MR) is 64.8 cm³/mol. The Balaban J connectivity index is 2.55. The van der Waals surface area contributed by atoms with Crippen LogP contribution in [0.25, 0.3) is 0 Å². The Labute approximate surface area is 103 Å². The second-order valence-electron chi connectivity index (χ2n) is 4.25. The van der Waals surface area contributed by atoms with Crippen molar-refractivity contribution >= 4 is 10.2 Å². The summed E-state index contributed by atoms with van der Waals surface area (Å²) in [5.41, 5.74) is 0. The summed E-state index contributed by atoms with van der Waals surface area (Å²) in [5, 5.41) is 8.87. The van der Waals surface area contributed by atoms with Crippen LogP contribution in [-0.4, -0.2) is 57.3 Å². The van der Waals surface area contributed by atoms with E-state index in [9.17, 15) is 8.42 Å². The molecule has 0 radical (unpaired) electrons. The maximum absolute atomic E-state index is 12.0. The van der Waals surface area contributed by atoms with Crippen LogP contribution in [0.15, 0.2) is 0 Å². The predicted octanol–water partition coefficient (Wildman–Crippen LogP) is -0.296. The number of hydrogen-bond acceptors (Lipinski definition) is 4. The topological polar surface area (TPSA) is 78.9 Å². The molecule has 0 aromatic rings. The second kappa shape index (κ2) is 7.27. The molecule has 0 aromatic heterocycles. The second-order valence-corrected chi connectivity index (χ2v) is 5.95. The molecule has 17 heavy (non-hydrogen) atoms. The number of piperidine rings is 1. The van der Waals surface area contributed by atoms with Crippen LogP contribution in [0.4, 0.5) is 0 Å². The Bertz CT molecular complexity index is 295. The first-order chi connectivity index (χ1) is 8.10. The van der Waals surface area contributed by atoms with Crippen LogP contribution in [0.3, 0.4) is 0 Å². The monoisotopic (exact) mass is 266 g/mol. The minimum absolute atomic E-state index is 0.0590. The van der Waals surface area contributed by atoms with Gasteiger partial charge in [-0.2, -0.15) is 17.4 Å². The minimum Gasteiger partial charge on any atom is -0.396 e. The molecule has 0 aromatic carbocycles. The van der Waals surface area contributed by atoms with Crippen molar-refractivity contribution in [2.75, 3.05) is 33.4 Å². The molecule has 0 aliphatic carbocycles. The molecule has 0 spiro atoms. The molecule has 0 bridgehead atoms. The normalized spacial score (nSPS) is 20.4. The Kier molecular flexibility index (Phi) is 6.35. The van der Waals surface area contributed by atoms with Gasteiger partial charge in [0.25, 0.3) is 10.2 Å². The van der Waals surface area contributed by atoms with Crippen LogP contribution in [0, 0.1) is 0 Å². The summed E-state index contributed by atoms with van der Waals surface area (Å²) in [4.78, 5) is 0. The van der Waals surface area contributed by atoms with E-state index < -0.39 is 10.2 Å². The number of aliphatic hydroxyl groups is 1. The molecule has 1 unspecified atom stereocenters. The van der Waals surface area contributed by atoms with Crippen LogP contribution in [0.5, 0.6) is 0 Å². The summed E-state index contributed by atoms with van der Waals surface area (Å²) >= 11 is 0. The number of methoxy groups -OCH3 is 1. The average molecular weight is 266 g/mol. The molecule has 102 valence electrons. The largest absolute Gasteiger partial charge is 0.396 e. The van der Waals surface area contributed by atoms with Gasteiger partial charge in [-0.3, -0.25) is 0 Å². The highest BCUT2D eigenvalue weighted by Gasteiger charge is 2.26. The molecule has 6 nitrogen and oxygen atoms in total. The lowest BCUT2D eigenvalue weighted by molar-refractivity contribution is 0.156. The van der Waals surface area contributed by atoms with Crippen LogP contribution >= 0.6 is 0 Å². The molecule has 0 saturated carbocycles. The van der Waals surface area contributed by atoms with Crippen molar-refractivity contribution in [2.45, 2.75) is 31.7 Å². The molecule has 1 saturated heterocycles. The number of ether oxygens (including phenoxy) is 1. The Morgan fingerprint density at radius 3 is 2.53 bits per heavy atom. The number of nitrogens with zero attached hydrogens (tertiary/aromatic N) is 1. The summed E-state index contributed by atoms with van der Waals surface area (Å²) in [6.45, 7) is 1.37. The van der Waals surface area contributed by atoms with Crippen LogP contribution < -0.4 is 4.72 Å². The number of rotatable bonds is 7. The maximum Gasteiger partial charge on any atom is 0.279 e. The smallest absolute Gasteiger partial charge is 0.279 e. The molecule has 1 fully saturated rings. The van der Waals surface area contributed by atoms with Gasteiger partial charge in [0.05, 0.1) is 6.61 Å². The van der Waals surface area contributed by atoms with E-state index >= 15 is 0 Å². The van der Waals surface area contributed by atoms with Crippen molar-refractivity contribution in [3.63, 3.8) is 0 Å². The highest BCUT2D eigenvalue weighted by atomic mass is 32.2. The van der Waals surface area contributed by atoms with Gasteiger partial charge in [-0.15, -0.1) is 0 Å². The van der Waals surface area contributed by atoms with Gasteiger partial charge in [0.2, 0.25) is 0 Å². The van der Waals surface area contributed by atoms with Gasteiger partial charge in [0, 0.05) is 32.8 Å². The van der Waals surface area contributed by atoms with E-state index in [-0.39, 0.29) is 19.3 Å². The lowest BCUT2D eigenvalue weighted by Crippen LogP contribution is -2.48. The van der Waals surface area contributed by atoms with Crippen molar-refractivity contribution in [1.29, 1.82) is 0 Å². The zero-order valence-corrected chi connectivity index (χ0v) is 11.1. The molecule has 2 N–H and O–H groups in total. The molecule has 1 heterocycles. The van der Waals surface area contributed by atoms with Crippen LogP contribution in [0.1, 0.15) is 25.7 Å². The third-order valence-corrected chi connectivity index (χ3v) is 4.49. The quantitative estimate of drug-likeness (QED) is 0.663. The lowest BCUT2D eigenvalue weighted by atomic mass is 10.2. The molecule has 1 aliphatic heterocycles. The van der Waals surface area contributed by atoms with Gasteiger partial charge in [0.1, 0.15) is 0 Å². The highest BCUT2D eigenvalue weighted by molar-refractivity contribution is 7.87. The first-order valence-corrected chi connectivity index (χ1v) is 7.41. The third-order valence-electron chi connectivity index (χ3n) is 2.82. The summed E-state index contributed by atoms with van der Waals surface area (Å²) in [5.74, 6) is 0. The summed E-state index contributed by atoms with van der Waals surface area (Å²) < 4.78 is 33.0. The standard InChI is InChI=1S/C10H22N2O4S/c1-16-9-10(5-8-13)11-17(14,15)12-6-3-2-4-7-12/h10-11,13H,2-9H2,1H3. The Morgan fingerprint density at radius 2 is 2.00 bits per heavy atom. The first kappa shape index (κ1) is 14.8. The number of aliphatic hydroxyl groups excluding tert-OH is 1. The van der Waals surface area contributed by atoms with Crippen molar-refractivity contribution in [1.82, 2.24) is 9.03 Å². The van der Waals surface area contributed by atoms with E-state index in [4.69, 9.17) is 9.84 Å². The van der Waals surface area contributed by atoms with Crippen LogP contribution in [0.2, 0.25) is 0 Å². The molecule has 1 rings (SSSR count). The van der Waals surface area contributed by atoms with Crippen molar-refractivity contribution in [2.24, 2.45) is 0 Å². The fraction of sp³-hybridized carbons (Fsp3) is 1.00. The van der Waals surface area contributed by atoms with Gasteiger partial charge in [-0.1, -0.05) is 6.42 Å². The zero-order chi connectivity index (χ0) is 12.7. The summed E-state index contributed by atoms with van der Waals surface area (Å²) in [6.07, 6.45) is 3.27. The van der Waals surface area contributed by atoms with Crippen LogP contribution in [-0.2, 0) is 14.9 Å². The zero-order valence-electron chi connectivity index (χ0n) is 10.3. The van der Waals surface area contributed by atoms with Gasteiger partial charge < -0.3 is 9.84 Å². The molecule has 1 aliphatic rings. The third kappa shape index (κ3) is 4.89. The van der Waals surface area contributed by atoms with E-state index in [0.717, 1.165) is 19.3 Å². The molecule has 0 amide bonds. The van der Waals surface area contributed by atoms with Gasteiger partial charge in [-0.25, -0.2) is 0 Å².